The van der Waals surface area contributed by atoms with E-state index in [1.165, 1.54) is 0 Å². The van der Waals surface area contributed by atoms with Crippen LogP contribution in [0.3, 0.4) is 0 Å². The van der Waals surface area contributed by atoms with Crippen molar-refractivity contribution in [2.75, 3.05) is 39.1 Å². The second kappa shape index (κ2) is 9.08. The first-order valence-corrected chi connectivity index (χ1v) is 6.94. The molecule has 0 aromatic rings. The van der Waals surface area contributed by atoms with E-state index in [1.807, 2.05) is 6.92 Å². The van der Waals surface area contributed by atoms with Gasteiger partial charge in [-0.05, 0) is 25.9 Å². The minimum absolute atomic E-state index is 0.197. The molecule has 15 heavy (non-hydrogen) atoms. The van der Waals surface area contributed by atoms with E-state index in [1.54, 1.807) is 7.11 Å². The van der Waals surface area contributed by atoms with E-state index in [2.05, 4.69) is 10.0 Å². The molecule has 0 amide bonds. The summed E-state index contributed by atoms with van der Waals surface area (Å²) in [7, 11) is -1.55. The number of hydrogen-bond acceptors (Lipinski definition) is 4. The van der Waals surface area contributed by atoms with Gasteiger partial charge in [-0.3, -0.25) is 0 Å². The zero-order chi connectivity index (χ0) is 11.6. The fraction of sp³-hybridized carbons (Fsp3) is 1.00. The summed E-state index contributed by atoms with van der Waals surface area (Å²) in [5.41, 5.74) is 0. The molecule has 0 unspecified atom stereocenters. The second-order valence-corrected chi connectivity index (χ2v) is 5.19. The first kappa shape index (κ1) is 14.8. The zero-order valence-corrected chi connectivity index (χ0v) is 10.4. The molecule has 0 heterocycles. The van der Waals surface area contributed by atoms with Crippen molar-refractivity contribution in [3.63, 3.8) is 0 Å². The normalized spacial score (nSPS) is 11.9. The first-order chi connectivity index (χ1) is 7.12. The Balaban J connectivity index is 3.47. The highest BCUT2D eigenvalue weighted by Gasteiger charge is 2.07. The Hall–Kier alpha value is -0.170. The van der Waals surface area contributed by atoms with Crippen LogP contribution in [0.1, 0.15) is 19.8 Å². The Labute approximate surface area is 92.6 Å². The standard InChI is InChI=1S/C9H22N2O3S/c1-3-10-6-4-5-9-15(12,13)11-7-8-14-2/h10-11H,3-9H2,1-2H3. The van der Waals surface area contributed by atoms with Gasteiger partial charge in [0.1, 0.15) is 0 Å². The lowest BCUT2D eigenvalue weighted by Gasteiger charge is -2.06. The molecule has 0 saturated carbocycles. The molecule has 0 rings (SSSR count). The highest BCUT2D eigenvalue weighted by atomic mass is 32.2. The topological polar surface area (TPSA) is 67.4 Å². The predicted octanol–water partition coefficient (Wildman–Crippen LogP) is -0.0581. The Morgan fingerprint density at radius 1 is 1.20 bits per heavy atom. The molecule has 0 aliphatic rings. The van der Waals surface area contributed by atoms with E-state index in [0.717, 1.165) is 19.5 Å². The van der Waals surface area contributed by atoms with Gasteiger partial charge in [-0.25, -0.2) is 13.1 Å². The van der Waals surface area contributed by atoms with E-state index in [0.29, 0.717) is 19.6 Å². The summed E-state index contributed by atoms with van der Waals surface area (Å²) in [6.07, 6.45) is 1.58. The molecule has 0 aromatic carbocycles. The van der Waals surface area contributed by atoms with E-state index in [4.69, 9.17) is 4.74 Å². The lowest BCUT2D eigenvalue weighted by molar-refractivity contribution is 0.204. The van der Waals surface area contributed by atoms with E-state index in [-0.39, 0.29) is 5.75 Å². The van der Waals surface area contributed by atoms with E-state index in [9.17, 15) is 8.42 Å². The van der Waals surface area contributed by atoms with Gasteiger partial charge in [-0.15, -0.1) is 0 Å². The van der Waals surface area contributed by atoms with Crippen LogP contribution in [0, 0.1) is 0 Å². The third-order valence-electron chi connectivity index (χ3n) is 1.89. The Morgan fingerprint density at radius 3 is 2.53 bits per heavy atom. The molecule has 92 valence electrons. The molecule has 2 N–H and O–H groups in total. The summed E-state index contributed by atoms with van der Waals surface area (Å²) in [6.45, 7) is 4.61. The summed E-state index contributed by atoms with van der Waals surface area (Å²) in [5.74, 6) is 0.197. The SMILES string of the molecule is CCNCCCCS(=O)(=O)NCCOC. The molecular weight excluding hydrogens is 216 g/mol. The monoisotopic (exact) mass is 238 g/mol. The van der Waals surface area contributed by atoms with E-state index >= 15 is 0 Å². The van der Waals surface area contributed by atoms with Crippen molar-refractivity contribution in [3.8, 4) is 0 Å². The van der Waals surface area contributed by atoms with Crippen LogP contribution in [-0.2, 0) is 14.8 Å². The van der Waals surface area contributed by atoms with Crippen LogP contribution in [-0.4, -0.2) is 47.5 Å². The van der Waals surface area contributed by atoms with Gasteiger partial charge in [0.25, 0.3) is 0 Å². The van der Waals surface area contributed by atoms with Crippen molar-refractivity contribution in [3.05, 3.63) is 0 Å². The zero-order valence-electron chi connectivity index (χ0n) is 9.58. The van der Waals surface area contributed by atoms with Gasteiger partial charge in [0.2, 0.25) is 10.0 Å². The van der Waals surface area contributed by atoms with Gasteiger partial charge in [0.15, 0.2) is 0 Å². The smallest absolute Gasteiger partial charge is 0.211 e. The molecule has 0 spiro atoms. The average Bonchev–Trinajstić information content (AvgIpc) is 2.17. The first-order valence-electron chi connectivity index (χ1n) is 5.29. The minimum atomic E-state index is -3.10. The molecule has 6 heteroatoms. The maximum atomic E-state index is 11.4. The van der Waals surface area contributed by atoms with Crippen molar-refractivity contribution in [1.29, 1.82) is 0 Å². The third kappa shape index (κ3) is 10.1. The van der Waals surface area contributed by atoms with Gasteiger partial charge in [0.05, 0.1) is 12.4 Å². The summed E-state index contributed by atoms with van der Waals surface area (Å²) >= 11 is 0. The highest BCUT2D eigenvalue weighted by molar-refractivity contribution is 7.89. The third-order valence-corrected chi connectivity index (χ3v) is 3.36. The molecule has 0 bridgehead atoms. The molecule has 0 saturated heterocycles. The van der Waals surface area contributed by atoms with Crippen LogP contribution in [0.4, 0.5) is 0 Å². The van der Waals surface area contributed by atoms with Gasteiger partial charge >= 0.3 is 0 Å². The number of rotatable bonds is 10. The number of unbranched alkanes of at least 4 members (excludes halogenated alkanes) is 1. The van der Waals surface area contributed by atoms with Crippen molar-refractivity contribution in [1.82, 2.24) is 10.0 Å². The summed E-state index contributed by atoms with van der Waals surface area (Å²) < 4.78 is 29.9. The molecule has 0 atom stereocenters. The Kier molecular flexibility index (Phi) is 8.98. The van der Waals surface area contributed by atoms with Crippen LogP contribution in [0.2, 0.25) is 0 Å². The number of ether oxygens (including phenoxy) is 1. The largest absolute Gasteiger partial charge is 0.383 e. The Morgan fingerprint density at radius 2 is 1.93 bits per heavy atom. The molecule has 0 radical (unpaired) electrons. The van der Waals surface area contributed by atoms with Crippen LogP contribution in [0.25, 0.3) is 0 Å². The fourth-order valence-electron chi connectivity index (χ4n) is 1.09. The average molecular weight is 238 g/mol. The molecule has 5 nitrogen and oxygen atoms in total. The van der Waals surface area contributed by atoms with Crippen molar-refractivity contribution in [2.24, 2.45) is 0 Å². The summed E-state index contributed by atoms with van der Waals surface area (Å²) in [5, 5.41) is 3.15. The maximum absolute atomic E-state index is 11.4. The summed E-state index contributed by atoms with van der Waals surface area (Å²) in [6, 6.07) is 0. The second-order valence-electron chi connectivity index (χ2n) is 3.27. The number of methoxy groups -OCH3 is 1. The lowest BCUT2D eigenvalue weighted by Crippen LogP contribution is -2.29. The Bertz CT molecular complexity index is 230. The van der Waals surface area contributed by atoms with Crippen LogP contribution >= 0.6 is 0 Å². The van der Waals surface area contributed by atoms with E-state index < -0.39 is 10.0 Å². The number of sulfonamides is 1. The van der Waals surface area contributed by atoms with Gasteiger partial charge in [0, 0.05) is 13.7 Å². The maximum Gasteiger partial charge on any atom is 0.211 e. The molecular formula is C9H22N2O3S. The van der Waals surface area contributed by atoms with Crippen LogP contribution in [0.15, 0.2) is 0 Å². The number of nitrogens with one attached hydrogen (secondary N) is 2. The molecule has 0 aliphatic carbocycles. The van der Waals surface area contributed by atoms with Gasteiger partial charge in [-0.2, -0.15) is 0 Å². The van der Waals surface area contributed by atoms with Crippen LogP contribution in [0.5, 0.6) is 0 Å². The van der Waals surface area contributed by atoms with Gasteiger partial charge < -0.3 is 10.1 Å². The predicted molar refractivity (Wildman–Crippen MR) is 61.4 cm³/mol. The quantitative estimate of drug-likeness (QED) is 0.523. The summed E-state index contributed by atoms with van der Waals surface area (Å²) in [4.78, 5) is 0. The van der Waals surface area contributed by atoms with Crippen LogP contribution < -0.4 is 10.0 Å². The molecule has 0 aliphatic heterocycles. The van der Waals surface area contributed by atoms with Crippen molar-refractivity contribution >= 4 is 10.0 Å². The molecule has 0 fully saturated rings. The number of hydrogen-bond donors (Lipinski definition) is 2. The lowest BCUT2D eigenvalue weighted by atomic mass is 10.3. The fourth-order valence-corrected chi connectivity index (χ4v) is 2.21. The molecule has 0 aromatic heterocycles. The van der Waals surface area contributed by atoms with Crippen molar-refractivity contribution in [2.45, 2.75) is 19.8 Å². The van der Waals surface area contributed by atoms with Crippen molar-refractivity contribution < 1.29 is 13.2 Å². The van der Waals surface area contributed by atoms with Gasteiger partial charge in [-0.1, -0.05) is 6.92 Å². The minimum Gasteiger partial charge on any atom is -0.383 e. The highest BCUT2D eigenvalue weighted by Crippen LogP contribution is 1.93.